The summed E-state index contributed by atoms with van der Waals surface area (Å²) in [5.74, 6) is -1.18. The number of carbonyl (C=O) groups is 2. The maximum absolute atomic E-state index is 12.2. The monoisotopic (exact) mass is 404 g/mol. The molecule has 1 N–H and O–H groups in total. The predicted octanol–water partition coefficient (Wildman–Crippen LogP) is 2.76. The number of para-hydroxylation sites is 2. The Bertz CT molecular complexity index is 876. The molecule has 1 aromatic carbocycles. The van der Waals surface area contributed by atoms with E-state index in [9.17, 15) is 19.7 Å². The molecule has 0 aliphatic carbocycles. The van der Waals surface area contributed by atoms with Crippen molar-refractivity contribution >= 4 is 39.7 Å². The fourth-order valence-electron chi connectivity index (χ4n) is 3.06. The van der Waals surface area contributed by atoms with Crippen molar-refractivity contribution in [3.8, 4) is 0 Å². The molecular weight excluding hydrogens is 384 g/mol. The second-order valence-corrected chi connectivity index (χ2v) is 7.32. The smallest absolute Gasteiger partial charge is 0.309 e. The zero-order valence-electron chi connectivity index (χ0n) is 15.3. The molecule has 1 aromatic heterocycles. The predicted molar refractivity (Wildman–Crippen MR) is 104 cm³/mol. The fourth-order valence-corrected chi connectivity index (χ4v) is 3.77. The molecule has 9 nitrogen and oxygen atoms in total. The number of aryl methyl sites for hydroxylation is 1. The minimum atomic E-state index is -0.431. The minimum Gasteiger partial charge on any atom is -0.455 e. The third kappa shape index (κ3) is 4.83. The van der Waals surface area contributed by atoms with Crippen molar-refractivity contribution in [1.82, 2.24) is 4.98 Å². The Labute approximate surface area is 165 Å². The van der Waals surface area contributed by atoms with Crippen molar-refractivity contribution in [2.75, 3.05) is 29.9 Å². The van der Waals surface area contributed by atoms with Crippen molar-refractivity contribution < 1.29 is 19.2 Å². The largest absolute Gasteiger partial charge is 0.455 e. The Morgan fingerprint density at radius 1 is 1.36 bits per heavy atom. The first-order chi connectivity index (χ1) is 13.4. The van der Waals surface area contributed by atoms with Gasteiger partial charge in [0.05, 0.1) is 16.5 Å². The van der Waals surface area contributed by atoms with Gasteiger partial charge in [0.2, 0.25) is 0 Å². The quantitative estimate of drug-likeness (QED) is 0.447. The molecule has 0 bridgehead atoms. The molecule has 0 radical (unpaired) electrons. The molecule has 2 aromatic rings. The lowest BCUT2D eigenvalue weighted by molar-refractivity contribution is -0.384. The number of aromatic nitrogens is 1. The van der Waals surface area contributed by atoms with Crippen LogP contribution >= 0.6 is 11.3 Å². The van der Waals surface area contributed by atoms with Crippen LogP contribution in [0.2, 0.25) is 0 Å². The number of nitro benzene ring substituents is 1. The molecule has 1 saturated heterocycles. The molecular formula is C18H20N4O5S. The van der Waals surface area contributed by atoms with Gasteiger partial charge >= 0.3 is 5.97 Å². The average Bonchev–Trinajstić information content (AvgIpc) is 3.10. The van der Waals surface area contributed by atoms with Gasteiger partial charge in [-0.15, -0.1) is 11.3 Å². The molecule has 148 valence electrons. The summed E-state index contributed by atoms with van der Waals surface area (Å²) in [6.45, 7) is 2.48. The highest BCUT2D eigenvalue weighted by Gasteiger charge is 2.29. The molecule has 1 aliphatic heterocycles. The zero-order chi connectivity index (χ0) is 20.1. The Balaban J connectivity index is 1.47. The average molecular weight is 404 g/mol. The number of ether oxygens (including phenoxy) is 1. The van der Waals surface area contributed by atoms with Gasteiger partial charge in [0.25, 0.3) is 11.6 Å². The number of nitro groups is 1. The number of carbonyl (C=O) groups excluding carboxylic acids is 2. The number of thiazole rings is 1. The van der Waals surface area contributed by atoms with Gasteiger partial charge < -0.3 is 9.64 Å². The van der Waals surface area contributed by atoms with Crippen molar-refractivity contribution in [3.63, 3.8) is 0 Å². The normalized spacial score (nSPS) is 14.5. The van der Waals surface area contributed by atoms with Gasteiger partial charge in [-0.05, 0) is 25.8 Å². The lowest BCUT2D eigenvalue weighted by atomic mass is 9.96. The molecule has 28 heavy (non-hydrogen) atoms. The zero-order valence-corrected chi connectivity index (χ0v) is 16.1. The van der Waals surface area contributed by atoms with Crippen molar-refractivity contribution in [2.24, 2.45) is 5.92 Å². The second kappa shape index (κ2) is 8.79. The number of hydrogen-bond acceptors (Lipinski definition) is 8. The molecule has 1 fully saturated rings. The van der Waals surface area contributed by atoms with Gasteiger partial charge in [0.15, 0.2) is 11.7 Å². The number of rotatable bonds is 6. The second-order valence-electron chi connectivity index (χ2n) is 6.46. The van der Waals surface area contributed by atoms with E-state index >= 15 is 0 Å². The molecule has 0 spiro atoms. The van der Waals surface area contributed by atoms with Crippen LogP contribution in [-0.4, -0.2) is 41.5 Å². The first kappa shape index (κ1) is 19.7. The maximum atomic E-state index is 12.2. The van der Waals surface area contributed by atoms with Crippen LogP contribution in [0, 0.1) is 23.0 Å². The molecule has 1 amide bonds. The van der Waals surface area contributed by atoms with Gasteiger partial charge in [-0.3, -0.25) is 25.0 Å². The molecule has 10 heteroatoms. The minimum absolute atomic E-state index is 0.0534. The van der Waals surface area contributed by atoms with Crippen molar-refractivity contribution in [3.05, 3.63) is 45.5 Å². The number of piperidine rings is 1. The van der Waals surface area contributed by atoms with Crippen LogP contribution < -0.4 is 10.2 Å². The highest BCUT2D eigenvalue weighted by Crippen LogP contribution is 2.31. The molecule has 0 atom stereocenters. The van der Waals surface area contributed by atoms with E-state index in [0.717, 1.165) is 5.69 Å². The van der Waals surface area contributed by atoms with E-state index < -0.39 is 16.8 Å². The van der Waals surface area contributed by atoms with Crippen molar-refractivity contribution in [2.45, 2.75) is 19.8 Å². The summed E-state index contributed by atoms with van der Waals surface area (Å²) < 4.78 is 5.12. The van der Waals surface area contributed by atoms with E-state index in [1.165, 1.54) is 17.4 Å². The van der Waals surface area contributed by atoms with E-state index in [-0.39, 0.29) is 18.2 Å². The number of esters is 1. The standard InChI is InChI=1S/C18H20N4O5S/c1-12-11-28-18(19-12)20-16(23)10-27-17(24)13-6-8-21(9-7-13)14-4-2-3-5-15(14)22(25)26/h2-5,11,13H,6-10H2,1H3,(H,19,20,23). The van der Waals surface area contributed by atoms with Crippen LogP contribution in [0.15, 0.2) is 29.6 Å². The highest BCUT2D eigenvalue weighted by atomic mass is 32.1. The van der Waals surface area contributed by atoms with Crippen LogP contribution in [0.5, 0.6) is 0 Å². The summed E-state index contributed by atoms with van der Waals surface area (Å²) >= 11 is 1.30. The third-order valence-electron chi connectivity index (χ3n) is 4.46. The Hall–Kier alpha value is -3.01. The number of anilines is 2. The number of nitrogens with zero attached hydrogens (tertiary/aromatic N) is 3. The van der Waals surface area contributed by atoms with E-state index in [2.05, 4.69) is 10.3 Å². The number of benzene rings is 1. The number of amides is 1. The van der Waals surface area contributed by atoms with Gasteiger partial charge in [-0.2, -0.15) is 0 Å². The molecule has 1 aliphatic rings. The van der Waals surface area contributed by atoms with Crippen LogP contribution in [0.3, 0.4) is 0 Å². The van der Waals surface area contributed by atoms with E-state index in [4.69, 9.17) is 4.74 Å². The first-order valence-corrected chi connectivity index (χ1v) is 9.69. The summed E-state index contributed by atoms with van der Waals surface area (Å²) in [7, 11) is 0. The van der Waals surface area contributed by atoms with E-state index in [1.54, 1.807) is 18.2 Å². The fraction of sp³-hybridized carbons (Fsp3) is 0.389. The van der Waals surface area contributed by atoms with Gasteiger partial charge in [-0.1, -0.05) is 12.1 Å². The van der Waals surface area contributed by atoms with Crippen molar-refractivity contribution in [1.29, 1.82) is 0 Å². The number of nitrogens with one attached hydrogen (secondary N) is 1. The van der Waals surface area contributed by atoms with Crippen LogP contribution in [0.4, 0.5) is 16.5 Å². The summed E-state index contributed by atoms with van der Waals surface area (Å²) in [6.07, 6.45) is 1.02. The Morgan fingerprint density at radius 3 is 2.71 bits per heavy atom. The summed E-state index contributed by atoms with van der Waals surface area (Å²) in [5, 5.41) is 16.0. The lowest BCUT2D eigenvalue weighted by Crippen LogP contribution is -2.37. The van der Waals surface area contributed by atoms with Gasteiger partial charge in [0.1, 0.15) is 5.69 Å². The molecule has 3 rings (SSSR count). The number of hydrogen-bond donors (Lipinski definition) is 1. The third-order valence-corrected chi connectivity index (χ3v) is 5.33. The Kier molecular flexibility index (Phi) is 6.19. The highest BCUT2D eigenvalue weighted by molar-refractivity contribution is 7.13. The molecule has 2 heterocycles. The van der Waals surface area contributed by atoms with Crippen LogP contribution in [-0.2, 0) is 14.3 Å². The van der Waals surface area contributed by atoms with Gasteiger partial charge in [-0.25, -0.2) is 4.98 Å². The van der Waals surface area contributed by atoms with Gasteiger partial charge in [0, 0.05) is 24.5 Å². The van der Waals surface area contributed by atoms with E-state index in [1.807, 2.05) is 17.2 Å². The van der Waals surface area contributed by atoms with E-state index in [0.29, 0.717) is 36.8 Å². The van der Waals surface area contributed by atoms with Crippen LogP contribution in [0.1, 0.15) is 18.5 Å². The molecule has 0 unspecified atom stereocenters. The summed E-state index contributed by atoms with van der Waals surface area (Å²) in [6, 6.07) is 6.56. The molecule has 0 saturated carbocycles. The van der Waals surface area contributed by atoms with Crippen LogP contribution in [0.25, 0.3) is 0 Å². The topological polar surface area (TPSA) is 115 Å². The first-order valence-electron chi connectivity index (χ1n) is 8.81. The Morgan fingerprint density at radius 2 is 2.07 bits per heavy atom. The lowest BCUT2D eigenvalue weighted by Gasteiger charge is -2.32. The SMILES string of the molecule is Cc1csc(NC(=O)COC(=O)C2CCN(c3ccccc3[N+](=O)[O-])CC2)n1. The summed E-state index contributed by atoms with van der Waals surface area (Å²) in [5.41, 5.74) is 1.41. The summed E-state index contributed by atoms with van der Waals surface area (Å²) in [4.78, 5) is 40.9. The maximum Gasteiger partial charge on any atom is 0.309 e.